The van der Waals surface area contributed by atoms with Crippen molar-refractivity contribution in [3.8, 4) is 5.75 Å². The number of rotatable bonds is 3. The van der Waals surface area contributed by atoms with Crippen molar-refractivity contribution >= 4 is 5.91 Å². The molecule has 0 atom stereocenters. The molecule has 1 aromatic heterocycles. The molecule has 0 fully saturated rings. The van der Waals surface area contributed by atoms with Gasteiger partial charge < -0.3 is 14.5 Å². The first kappa shape index (κ1) is 14.6. The minimum atomic E-state index is -0.202. The van der Waals surface area contributed by atoms with Gasteiger partial charge in [-0.2, -0.15) is 0 Å². The van der Waals surface area contributed by atoms with E-state index >= 15 is 0 Å². The van der Waals surface area contributed by atoms with Crippen LogP contribution in [0.2, 0.25) is 0 Å². The Morgan fingerprint density at radius 3 is 2.59 bits per heavy atom. The van der Waals surface area contributed by atoms with Crippen molar-refractivity contribution in [3.63, 3.8) is 0 Å². The van der Waals surface area contributed by atoms with E-state index in [4.69, 9.17) is 4.52 Å². The molecule has 3 rings (SSSR count). The first-order valence-corrected chi connectivity index (χ1v) is 7.57. The van der Waals surface area contributed by atoms with Crippen LogP contribution in [-0.2, 0) is 19.4 Å². The second-order valence-corrected chi connectivity index (χ2v) is 5.94. The molecule has 0 bridgehead atoms. The highest BCUT2D eigenvalue weighted by molar-refractivity contribution is 5.97. The molecule has 1 amide bonds. The second kappa shape index (κ2) is 5.83. The Bertz CT molecular complexity index is 706. The summed E-state index contributed by atoms with van der Waals surface area (Å²) in [5.41, 5.74) is 3.40. The van der Waals surface area contributed by atoms with Gasteiger partial charge >= 0.3 is 0 Å². The molecule has 5 nitrogen and oxygen atoms in total. The van der Waals surface area contributed by atoms with Gasteiger partial charge in [0.05, 0.1) is 12.1 Å². The van der Waals surface area contributed by atoms with Gasteiger partial charge in [-0.1, -0.05) is 5.16 Å². The summed E-state index contributed by atoms with van der Waals surface area (Å²) in [6, 6.07) is 5.39. The van der Waals surface area contributed by atoms with Crippen LogP contribution in [0.3, 0.4) is 0 Å². The van der Waals surface area contributed by atoms with Gasteiger partial charge in [0, 0.05) is 13.1 Å². The molecule has 2 aromatic rings. The summed E-state index contributed by atoms with van der Waals surface area (Å²) >= 11 is 0. The third kappa shape index (κ3) is 2.84. The smallest absolute Gasteiger partial charge is 0.257 e. The SMILES string of the molecule is Cc1cc(CN(C)C(=O)c2cc3c(cc2O)CCCC3)no1. The number of aryl methyl sites for hydroxylation is 3. The van der Waals surface area contributed by atoms with Crippen molar-refractivity contribution in [3.05, 3.63) is 46.3 Å². The van der Waals surface area contributed by atoms with Gasteiger partial charge in [-0.15, -0.1) is 0 Å². The van der Waals surface area contributed by atoms with E-state index in [1.54, 1.807) is 24.1 Å². The van der Waals surface area contributed by atoms with Crippen molar-refractivity contribution < 1.29 is 14.4 Å². The number of phenolic OH excluding ortho intramolecular Hbond substituents is 1. The molecule has 1 N–H and O–H groups in total. The summed E-state index contributed by atoms with van der Waals surface area (Å²) in [6.07, 6.45) is 4.23. The highest BCUT2D eigenvalue weighted by Crippen LogP contribution is 2.29. The number of amides is 1. The normalized spacial score (nSPS) is 13.7. The van der Waals surface area contributed by atoms with Gasteiger partial charge in [0.1, 0.15) is 17.2 Å². The van der Waals surface area contributed by atoms with E-state index in [1.807, 2.05) is 13.0 Å². The minimum absolute atomic E-state index is 0.0637. The third-order valence-corrected chi connectivity index (χ3v) is 4.11. The number of fused-ring (bicyclic) bond motifs is 1. The minimum Gasteiger partial charge on any atom is -0.507 e. The number of nitrogens with zero attached hydrogens (tertiary/aromatic N) is 2. The van der Waals surface area contributed by atoms with Crippen LogP contribution < -0.4 is 0 Å². The molecule has 1 aromatic carbocycles. The van der Waals surface area contributed by atoms with Crippen LogP contribution in [0.15, 0.2) is 22.7 Å². The van der Waals surface area contributed by atoms with E-state index in [0.717, 1.165) is 31.2 Å². The molecular formula is C17H20N2O3. The zero-order valence-electron chi connectivity index (χ0n) is 12.9. The van der Waals surface area contributed by atoms with Crippen LogP contribution in [0.1, 0.15) is 45.8 Å². The molecular weight excluding hydrogens is 280 g/mol. The third-order valence-electron chi connectivity index (χ3n) is 4.11. The number of hydrogen-bond acceptors (Lipinski definition) is 4. The number of aromatic nitrogens is 1. The fourth-order valence-corrected chi connectivity index (χ4v) is 2.96. The summed E-state index contributed by atoms with van der Waals surface area (Å²) in [7, 11) is 1.70. The summed E-state index contributed by atoms with van der Waals surface area (Å²) < 4.78 is 5.01. The van der Waals surface area contributed by atoms with Crippen molar-refractivity contribution in [2.75, 3.05) is 7.05 Å². The molecule has 1 aliphatic carbocycles. The molecule has 0 spiro atoms. The highest BCUT2D eigenvalue weighted by Gasteiger charge is 2.20. The van der Waals surface area contributed by atoms with E-state index < -0.39 is 0 Å². The molecule has 22 heavy (non-hydrogen) atoms. The Balaban J connectivity index is 1.82. The van der Waals surface area contributed by atoms with Gasteiger partial charge in [-0.05, 0) is 55.9 Å². The molecule has 0 aliphatic heterocycles. The summed E-state index contributed by atoms with van der Waals surface area (Å²) in [4.78, 5) is 14.1. The largest absolute Gasteiger partial charge is 0.507 e. The summed E-state index contributed by atoms with van der Waals surface area (Å²) in [5.74, 6) is 0.577. The van der Waals surface area contributed by atoms with Crippen LogP contribution in [0.5, 0.6) is 5.75 Å². The Kier molecular flexibility index (Phi) is 3.88. The Morgan fingerprint density at radius 2 is 1.95 bits per heavy atom. The monoisotopic (exact) mass is 300 g/mol. The highest BCUT2D eigenvalue weighted by atomic mass is 16.5. The Hall–Kier alpha value is -2.30. The molecule has 0 saturated carbocycles. The van der Waals surface area contributed by atoms with Crippen LogP contribution in [-0.4, -0.2) is 28.1 Å². The lowest BCUT2D eigenvalue weighted by Crippen LogP contribution is -2.26. The molecule has 5 heteroatoms. The zero-order chi connectivity index (χ0) is 15.7. The van der Waals surface area contributed by atoms with Crippen molar-refractivity contribution in [2.45, 2.75) is 39.2 Å². The van der Waals surface area contributed by atoms with E-state index in [1.165, 1.54) is 5.56 Å². The lowest BCUT2D eigenvalue weighted by atomic mass is 9.89. The van der Waals surface area contributed by atoms with Crippen LogP contribution in [0.4, 0.5) is 0 Å². The maximum Gasteiger partial charge on any atom is 0.257 e. The summed E-state index contributed by atoms with van der Waals surface area (Å²) in [5, 5.41) is 14.1. The first-order chi connectivity index (χ1) is 10.5. The zero-order valence-corrected chi connectivity index (χ0v) is 12.9. The maximum absolute atomic E-state index is 12.6. The average Bonchev–Trinajstić information content (AvgIpc) is 2.91. The lowest BCUT2D eigenvalue weighted by molar-refractivity contribution is 0.0779. The van der Waals surface area contributed by atoms with Crippen LogP contribution in [0.25, 0.3) is 0 Å². The van der Waals surface area contributed by atoms with Gasteiger partial charge in [-0.25, -0.2) is 0 Å². The number of carbonyl (C=O) groups excluding carboxylic acids is 1. The van der Waals surface area contributed by atoms with Gasteiger partial charge in [-0.3, -0.25) is 4.79 Å². The van der Waals surface area contributed by atoms with E-state index in [2.05, 4.69) is 5.16 Å². The van der Waals surface area contributed by atoms with E-state index in [9.17, 15) is 9.90 Å². The van der Waals surface area contributed by atoms with Crippen LogP contribution in [0, 0.1) is 6.92 Å². The molecule has 0 radical (unpaired) electrons. The number of benzene rings is 1. The standard InChI is InChI=1S/C17H20N2O3/c1-11-7-14(18-22-11)10-19(2)17(21)15-8-12-5-3-4-6-13(12)9-16(15)20/h7-9,20H,3-6,10H2,1-2H3. The Morgan fingerprint density at radius 1 is 1.27 bits per heavy atom. The maximum atomic E-state index is 12.6. The molecule has 1 aliphatic rings. The molecule has 116 valence electrons. The van der Waals surface area contributed by atoms with E-state index in [0.29, 0.717) is 23.6 Å². The lowest BCUT2D eigenvalue weighted by Gasteiger charge is -2.20. The van der Waals surface area contributed by atoms with Crippen molar-refractivity contribution in [2.24, 2.45) is 0 Å². The fourth-order valence-electron chi connectivity index (χ4n) is 2.96. The summed E-state index contributed by atoms with van der Waals surface area (Å²) in [6.45, 7) is 2.17. The number of aromatic hydroxyl groups is 1. The number of hydrogen-bond donors (Lipinski definition) is 1. The molecule has 0 saturated heterocycles. The number of carbonyl (C=O) groups is 1. The average molecular weight is 300 g/mol. The van der Waals surface area contributed by atoms with Gasteiger partial charge in [0.15, 0.2) is 0 Å². The predicted molar refractivity (Wildman–Crippen MR) is 81.8 cm³/mol. The van der Waals surface area contributed by atoms with Crippen molar-refractivity contribution in [1.29, 1.82) is 0 Å². The van der Waals surface area contributed by atoms with Crippen molar-refractivity contribution in [1.82, 2.24) is 10.1 Å². The predicted octanol–water partition coefficient (Wildman–Crippen LogP) is 2.84. The molecule has 1 heterocycles. The first-order valence-electron chi connectivity index (χ1n) is 7.57. The fraction of sp³-hybridized carbons (Fsp3) is 0.412. The Labute approximate surface area is 129 Å². The second-order valence-electron chi connectivity index (χ2n) is 5.94. The van der Waals surface area contributed by atoms with Gasteiger partial charge in [0.25, 0.3) is 5.91 Å². The van der Waals surface area contributed by atoms with Gasteiger partial charge in [0.2, 0.25) is 0 Å². The topological polar surface area (TPSA) is 66.6 Å². The molecule has 0 unspecified atom stereocenters. The van der Waals surface area contributed by atoms with Crippen LogP contribution >= 0.6 is 0 Å². The quantitative estimate of drug-likeness (QED) is 0.946. The van der Waals surface area contributed by atoms with E-state index in [-0.39, 0.29) is 11.7 Å². The number of phenols is 1.